The Labute approximate surface area is 172 Å². The Hall–Kier alpha value is -2.40. The van der Waals surface area contributed by atoms with Gasteiger partial charge in [-0.25, -0.2) is 9.18 Å². The number of carbonyl (C=O) groups is 1. The maximum atomic E-state index is 14.3. The lowest BCUT2D eigenvalue weighted by Crippen LogP contribution is -2.51. The van der Waals surface area contributed by atoms with Gasteiger partial charge in [-0.2, -0.15) is 0 Å². The van der Waals surface area contributed by atoms with Gasteiger partial charge in [0.05, 0.1) is 20.2 Å². The molecule has 3 rings (SSSR count). The molecule has 1 aliphatic rings. The number of para-hydroxylation sites is 1. The Morgan fingerprint density at radius 2 is 1.66 bits per heavy atom. The van der Waals surface area contributed by atoms with E-state index in [0.717, 1.165) is 30.7 Å². The molecule has 2 aromatic carbocycles. The van der Waals surface area contributed by atoms with Crippen molar-refractivity contribution in [3.8, 4) is 5.75 Å². The summed E-state index contributed by atoms with van der Waals surface area (Å²) in [7, 11) is 1.29. The molecule has 1 saturated heterocycles. The van der Waals surface area contributed by atoms with Gasteiger partial charge in [0.25, 0.3) is 0 Å². The largest absolute Gasteiger partial charge is 0.484 e. The minimum Gasteiger partial charge on any atom is -0.484 e. The van der Waals surface area contributed by atoms with E-state index in [1.165, 1.54) is 63.0 Å². The smallest absolute Gasteiger partial charge is 0.341 e. The number of hydrogen-bond acceptors (Lipinski definition) is 3. The zero-order chi connectivity index (χ0) is 20.5. The second kappa shape index (κ2) is 10.4. The monoisotopic (exact) mass is 400 g/mol. The zero-order valence-electron chi connectivity index (χ0n) is 17.2. The molecule has 0 atom stereocenters. The van der Waals surface area contributed by atoms with Crippen LogP contribution in [0.2, 0.25) is 0 Å². The van der Waals surface area contributed by atoms with Crippen LogP contribution in [0.4, 0.5) is 4.39 Å². The second-order valence-corrected chi connectivity index (χ2v) is 7.88. The van der Waals surface area contributed by atoms with Crippen LogP contribution in [0.1, 0.15) is 48.0 Å². The summed E-state index contributed by atoms with van der Waals surface area (Å²) in [6, 6.07) is 14.9. The maximum Gasteiger partial charge on any atom is 0.341 e. The van der Waals surface area contributed by atoms with Crippen LogP contribution >= 0.6 is 0 Å². The van der Waals surface area contributed by atoms with Crippen LogP contribution in [0.5, 0.6) is 5.75 Å². The first-order valence-corrected chi connectivity index (χ1v) is 10.5. The normalized spacial score (nSPS) is 16.5. The highest BCUT2D eigenvalue weighted by Crippen LogP contribution is 2.25. The van der Waals surface area contributed by atoms with Crippen molar-refractivity contribution in [3.05, 3.63) is 65.5 Å². The highest BCUT2D eigenvalue weighted by molar-refractivity contribution is 5.92. The molecule has 0 N–H and O–H groups in total. The summed E-state index contributed by atoms with van der Waals surface area (Å²) in [4.78, 5) is 12.0. The standard InChI is InChI=1S/C24H31FNO3/c1-28-24(27)21-13-10-14-22(25)23(21)29-18-17-26(15-8-3-2-4-9-16-26)19-20-11-6-5-7-12-20/h5-7,10-14H,2-4,8-9,15-19H2,1H3/q+1. The van der Waals surface area contributed by atoms with Gasteiger partial charge >= 0.3 is 5.97 Å². The summed E-state index contributed by atoms with van der Waals surface area (Å²) in [6.07, 6.45) is 6.21. The van der Waals surface area contributed by atoms with Gasteiger partial charge in [0.15, 0.2) is 11.6 Å². The average molecular weight is 401 g/mol. The summed E-state index contributed by atoms with van der Waals surface area (Å²) in [5, 5.41) is 0. The van der Waals surface area contributed by atoms with Gasteiger partial charge in [-0.3, -0.25) is 0 Å². The van der Waals surface area contributed by atoms with Gasteiger partial charge in [-0.15, -0.1) is 0 Å². The van der Waals surface area contributed by atoms with Crippen molar-refractivity contribution in [2.75, 3.05) is 33.4 Å². The fourth-order valence-electron chi connectivity index (χ4n) is 4.24. The van der Waals surface area contributed by atoms with E-state index < -0.39 is 11.8 Å². The molecular formula is C24H31FNO3+. The predicted octanol–water partition coefficient (Wildman–Crippen LogP) is 4.97. The highest BCUT2D eigenvalue weighted by atomic mass is 19.1. The zero-order valence-corrected chi connectivity index (χ0v) is 17.2. The molecule has 2 aromatic rings. The third-order valence-electron chi connectivity index (χ3n) is 5.81. The Morgan fingerprint density at radius 3 is 2.34 bits per heavy atom. The van der Waals surface area contributed by atoms with Crippen molar-refractivity contribution in [3.63, 3.8) is 0 Å². The molecule has 29 heavy (non-hydrogen) atoms. The third-order valence-corrected chi connectivity index (χ3v) is 5.81. The van der Waals surface area contributed by atoms with Crippen molar-refractivity contribution >= 4 is 5.97 Å². The van der Waals surface area contributed by atoms with Crippen LogP contribution in [0.15, 0.2) is 48.5 Å². The molecule has 0 amide bonds. The summed E-state index contributed by atoms with van der Waals surface area (Å²) in [5.41, 5.74) is 1.45. The van der Waals surface area contributed by atoms with E-state index >= 15 is 0 Å². The van der Waals surface area contributed by atoms with Crippen molar-refractivity contribution < 1.29 is 23.1 Å². The number of esters is 1. The number of quaternary nitrogens is 1. The lowest BCUT2D eigenvalue weighted by Gasteiger charge is -2.40. The van der Waals surface area contributed by atoms with Gasteiger partial charge in [-0.05, 0) is 37.8 Å². The second-order valence-electron chi connectivity index (χ2n) is 7.88. The minimum atomic E-state index is -0.584. The Morgan fingerprint density at radius 1 is 0.966 bits per heavy atom. The van der Waals surface area contributed by atoms with Crippen LogP contribution in [0.25, 0.3) is 0 Å². The van der Waals surface area contributed by atoms with Crippen molar-refractivity contribution in [1.82, 2.24) is 0 Å². The molecule has 1 fully saturated rings. The van der Waals surface area contributed by atoms with E-state index in [-0.39, 0.29) is 11.3 Å². The first kappa shape index (κ1) is 21.3. The lowest BCUT2D eigenvalue weighted by molar-refractivity contribution is -0.941. The molecule has 4 nitrogen and oxygen atoms in total. The number of likely N-dealkylation sites (tertiary alicyclic amines) is 1. The summed E-state index contributed by atoms with van der Waals surface area (Å²) in [6.45, 7) is 4.28. The van der Waals surface area contributed by atoms with Crippen molar-refractivity contribution in [1.29, 1.82) is 0 Å². The number of benzene rings is 2. The molecule has 156 valence electrons. The number of carbonyl (C=O) groups excluding carboxylic acids is 1. The molecule has 5 heteroatoms. The predicted molar refractivity (Wildman–Crippen MR) is 111 cm³/mol. The third kappa shape index (κ3) is 5.80. The first-order valence-electron chi connectivity index (χ1n) is 10.5. The number of hydrogen-bond donors (Lipinski definition) is 0. The van der Waals surface area contributed by atoms with E-state index in [2.05, 4.69) is 24.3 Å². The van der Waals surface area contributed by atoms with Crippen LogP contribution in [0, 0.1) is 5.82 Å². The molecule has 0 radical (unpaired) electrons. The SMILES string of the molecule is COC(=O)c1cccc(F)c1OCC[N+]1(Cc2ccccc2)CCCCCCC1. The molecule has 0 spiro atoms. The van der Waals surface area contributed by atoms with Crippen LogP contribution in [0.3, 0.4) is 0 Å². The van der Waals surface area contributed by atoms with E-state index in [1.807, 2.05) is 6.07 Å². The van der Waals surface area contributed by atoms with E-state index in [0.29, 0.717) is 6.61 Å². The van der Waals surface area contributed by atoms with Gasteiger partial charge in [0.2, 0.25) is 0 Å². The fourth-order valence-corrected chi connectivity index (χ4v) is 4.24. The van der Waals surface area contributed by atoms with Crippen LogP contribution in [-0.2, 0) is 11.3 Å². The van der Waals surface area contributed by atoms with E-state index in [1.54, 1.807) is 0 Å². The quantitative estimate of drug-likeness (QED) is 0.486. The van der Waals surface area contributed by atoms with Gasteiger partial charge in [-0.1, -0.05) is 42.8 Å². The van der Waals surface area contributed by atoms with Gasteiger partial charge < -0.3 is 14.0 Å². The highest BCUT2D eigenvalue weighted by Gasteiger charge is 2.29. The topological polar surface area (TPSA) is 35.5 Å². The van der Waals surface area contributed by atoms with Gasteiger partial charge in [0, 0.05) is 5.56 Å². The summed E-state index contributed by atoms with van der Waals surface area (Å²) < 4.78 is 25.9. The minimum absolute atomic E-state index is 0.00995. The van der Waals surface area contributed by atoms with E-state index in [9.17, 15) is 9.18 Å². The van der Waals surface area contributed by atoms with Crippen molar-refractivity contribution in [2.45, 2.75) is 38.6 Å². The number of methoxy groups -OCH3 is 1. The Balaban J connectivity index is 1.74. The molecular weight excluding hydrogens is 369 g/mol. The fraction of sp³-hybridized carbons (Fsp3) is 0.458. The van der Waals surface area contributed by atoms with Crippen molar-refractivity contribution in [2.24, 2.45) is 0 Å². The van der Waals surface area contributed by atoms with Crippen LogP contribution in [-0.4, -0.2) is 43.8 Å². The Bertz CT molecular complexity index is 786. The molecule has 0 unspecified atom stereocenters. The number of nitrogens with zero attached hydrogens (tertiary/aromatic N) is 1. The lowest BCUT2D eigenvalue weighted by atomic mass is 10.0. The molecule has 0 bridgehead atoms. The molecule has 1 heterocycles. The number of halogens is 1. The molecule has 0 aliphatic carbocycles. The summed E-state index contributed by atoms with van der Waals surface area (Å²) >= 11 is 0. The number of ether oxygens (including phenoxy) is 2. The number of rotatable bonds is 7. The maximum absolute atomic E-state index is 14.3. The van der Waals surface area contributed by atoms with E-state index in [4.69, 9.17) is 9.47 Å². The first-order chi connectivity index (χ1) is 14.1. The molecule has 0 aromatic heterocycles. The molecule has 0 saturated carbocycles. The van der Waals surface area contributed by atoms with Gasteiger partial charge in [0.1, 0.15) is 25.3 Å². The molecule has 1 aliphatic heterocycles. The Kier molecular flexibility index (Phi) is 7.64. The average Bonchev–Trinajstić information content (AvgIpc) is 2.72. The summed E-state index contributed by atoms with van der Waals surface area (Å²) in [5.74, 6) is -1.13. The van der Waals surface area contributed by atoms with Crippen LogP contribution < -0.4 is 4.74 Å².